The summed E-state index contributed by atoms with van der Waals surface area (Å²) in [6.45, 7) is 14.3. The molecule has 1 amide bonds. The van der Waals surface area contributed by atoms with Crippen molar-refractivity contribution in [3.05, 3.63) is 11.1 Å². The molecule has 0 aromatic rings. The fourth-order valence-electron chi connectivity index (χ4n) is 5.92. The number of carbonyl (C=O) groups excluding carboxylic acids is 1. The van der Waals surface area contributed by atoms with Gasteiger partial charge in [-0.05, 0) is 66.5 Å². The Morgan fingerprint density at radius 2 is 1.29 bits per heavy atom. The maximum atomic E-state index is 12.8. The van der Waals surface area contributed by atoms with Crippen molar-refractivity contribution in [3.8, 4) is 0 Å². The van der Waals surface area contributed by atoms with Crippen LogP contribution in [-0.2, 0) is 19.9 Å². The van der Waals surface area contributed by atoms with Gasteiger partial charge in [-0.2, -0.15) is 0 Å². The Balaban J connectivity index is 1.77. The second-order valence-corrected chi connectivity index (χ2v) is 11.6. The van der Waals surface area contributed by atoms with Crippen molar-refractivity contribution in [3.63, 3.8) is 0 Å². The molecule has 0 unspecified atom stereocenters. The number of hydrogen-bond acceptors (Lipinski definition) is 5. The molecule has 3 rings (SSSR count). The molecule has 174 valence electrons. The summed E-state index contributed by atoms with van der Waals surface area (Å²) in [6.07, 6.45) is -0.502. The normalized spacial score (nSPS) is 29.0. The van der Waals surface area contributed by atoms with Crippen LogP contribution in [-0.4, -0.2) is 61.1 Å². The molecule has 2 aliphatic heterocycles. The van der Waals surface area contributed by atoms with Crippen molar-refractivity contribution < 1.29 is 29.8 Å². The molecule has 9 nitrogen and oxygen atoms in total. The van der Waals surface area contributed by atoms with E-state index in [0.29, 0.717) is 12.8 Å². The van der Waals surface area contributed by atoms with Crippen LogP contribution in [0.5, 0.6) is 0 Å². The molecule has 1 aliphatic carbocycles. The number of hydrogen-bond donors (Lipinski definition) is 2. The van der Waals surface area contributed by atoms with Crippen LogP contribution in [0.1, 0.15) is 81.1 Å². The summed E-state index contributed by atoms with van der Waals surface area (Å²) >= 11 is 0. The first-order valence-electron chi connectivity index (χ1n) is 10.8. The summed E-state index contributed by atoms with van der Waals surface area (Å²) in [6, 6.07) is 0. The first kappa shape index (κ1) is 24.0. The Morgan fingerprint density at radius 3 is 1.68 bits per heavy atom. The van der Waals surface area contributed by atoms with Gasteiger partial charge in [0.15, 0.2) is 0 Å². The predicted molar refractivity (Wildman–Crippen MR) is 111 cm³/mol. The van der Waals surface area contributed by atoms with E-state index in [0.717, 1.165) is 21.3 Å². The van der Waals surface area contributed by atoms with E-state index in [4.69, 9.17) is 4.74 Å². The van der Waals surface area contributed by atoms with Gasteiger partial charge in [0.05, 0.1) is 11.1 Å². The van der Waals surface area contributed by atoms with Crippen LogP contribution < -0.4 is 5.32 Å². The van der Waals surface area contributed by atoms with Crippen LogP contribution in [0.4, 0.5) is 4.79 Å². The number of nitrogens with zero attached hydrogens (tertiary/aromatic N) is 2. The van der Waals surface area contributed by atoms with Crippen LogP contribution in [0.25, 0.3) is 0 Å². The quantitative estimate of drug-likeness (QED) is 0.654. The van der Waals surface area contributed by atoms with Gasteiger partial charge in [0.2, 0.25) is 0 Å². The molecule has 0 spiro atoms. The van der Waals surface area contributed by atoms with Crippen LogP contribution in [0.3, 0.4) is 0 Å². The molecule has 3 aliphatic rings. The summed E-state index contributed by atoms with van der Waals surface area (Å²) in [5, 5.41) is 40.0. The zero-order valence-electron chi connectivity index (χ0n) is 19.8. The average Bonchev–Trinajstić information content (AvgIpc) is 3.04. The van der Waals surface area contributed by atoms with E-state index in [2.05, 4.69) is 5.32 Å². The van der Waals surface area contributed by atoms with Gasteiger partial charge < -0.3 is 15.2 Å². The summed E-state index contributed by atoms with van der Waals surface area (Å²) in [5.41, 5.74) is -3.15. The molecule has 0 aromatic carbocycles. The van der Waals surface area contributed by atoms with Crippen molar-refractivity contribution in [2.75, 3.05) is 0 Å². The molecule has 2 N–H and O–H groups in total. The fourth-order valence-corrected chi connectivity index (χ4v) is 5.92. The average molecular weight is 438 g/mol. The second-order valence-electron chi connectivity index (χ2n) is 11.6. The molecule has 0 atom stereocenters. The highest BCUT2D eigenvalue weighted by Gasteiger charge is 2.61. The van der Waals surface area contributed by atoms with E-state index in [1.54, 1.807) is 55.4 Å². The van der Waals surface area contributed by atoms with E-state index in [9.17, 15) is 25.1 Å². The molecule has 2 radical (unpaired) electrons. The Morgan fingerprint density at radius 1 is 0.871 bits per heavy atom. The second kappa shape index (κ2) is 6.91. The number of carboxylic acid groups (broad SMARTS) is 1. The highest BCUT2D eigenvalue weighted by Crippen LogP contribution is 2.54. The minimum Gasteiger partial charge on any atom is -0.479 e. The first-order valence-corrected chi connectivity index (χ1v) is 10.8. The number of hydroxylamine groups is 4. The summed E-state index contributed by atoms with van der Waals surface area (Å²) < 4.78 is 5.63. The topological polar surface area (TPSA) is 122 Å². The monoisotopic (exact) mass is 437 g/mol. The van der Waals surface area contributed by atoms with Crippen molar-refractivity contribution in [1.29, 1.82) is 0 Å². The lowest BCUT2D eigenvalue weighted by molar-refractivity contribution is -0.298. The summed E-state index contributed by atoms with van der Waals surface area (Å²) in [5.74, 6) is -1.15. The maximum absolute atomic E-state index is 12.8. The molecular formula is C22H35N3O6. The molecule has 0 aromatic heterocycles. The third-order valence-electron chi connectivity index (χ3n) is 7.39. The number of carboxylic acids is 1. The number of alkyl carbamates (subject to hydrolysis) is 1. The number of carbonyl (C=O) groups is 2. The molecule has 2 heterocycles. The van der Waals surface area contributed by atoms with Crippen LogP contribution in [0.2, 0.25) is 0 Å². The molecule has 9 heteroatoms. The third-order valence-corrected chi connectivity index (χ3v) is 7.39. The van der Waals surface area contributed by atoms with Crippen LogP contribution >= 0.6 is 0 Å². The summed E-state index contributed by atoms with van der Waals surface area (Å²) in [7, 11) is 0. The molecule has 31 heavy (non-hydrogen) atoms. The third kappa shape index (κ3) is 3.65. The van der Waals surface area contributed by atoms with Crippen molar-refractivity contribution in [2.45, 2.75) is 115 Å². The molecule has 0 saturated carbocycles. The van der Waals surface area contributed by atoms with Crippen molar-refractivity contribution >= 4 is 12.1 Å². The minimum absolute atomic E-state index is 0.0535. The van der Waals surface area contributed by atoms with E-state index >= 15 is 0 Å². The lowest BCUT2D eigenvalue weighted by Gasteiger charge is -2.49. The summed E-state index contributed by atoms with van der Waals surface area (Å²) in [4.78, 5) is 25.1. The van der Waals surface area contributed by atoms with Gasteiger partial charge in [0.25, 0.3) is 0 Å². The van der Waals surface area contributed by atoms with Crippen molar-refractivity contribution in [1.82, 2.24) is 15.4 Å². The lowest BCUT2D eigenvalue weighted by Crippen LogP contribution is -2.61. The maximum Gasteiger partial charge on any atom is 0.408 e. The van der Waals surface area contributed by atoms with Crippen molar-refractivity contribution in [2.24, 2.45) is 0 Å². The zero-order chi connectivity index (χ0) is 23.8. The lowest BCUT2D eigenvalue weighted by atomic mass is 9.80. The number of amides is 1. The first-order chi connectivity index (χ1) is 13.9. The molecular weight excluding hydrogens is 402 g/mol. The van der Waals surface area contributed by atoms with Gasteiger partial charge >= 0.3 is 12.1 Å². The van der Waals surface area contributed by atoms with Gasteiger partial charge in [-0.25, -0.2) is 9.59 Å². The van der Waals surface area contributed by atoms with E-state index in [1.807, 2.05) is 0 Å². The van der Waals surface area contributed by atoms with E-state index in [1.165, 1.54) is 0 Å². The highest BCUT2D eigenvalue weighted by molar-refractivity contribution is 5.86. The van der Waals surface area contributed by atoms with Crippen LogP contribution in [0, 0.1) is 0 Å². The Bertz CT molecular complexity index is 783. The van der Waals surface area contributed by atoms with Gasteiger partial charge in [0.1, 0.15) is 11.6 Å². The number of nitrogens with one attached hydrogen (secondary N) is 1. The number of piperidine rings is 1. The standard InChI is InChI=1S/C22H35N3O6/c1-18(2)9-13(10-19(3,4)24(18)29)31-17(28)23-22(16(26)27)11-14-15(12-22)21(7,8)25(30)20(14,5)6/h13H,9-12H2,1-8H3,(H,23,28)(H,26,27). The SMILES string of the molecule is CC1(C)CC(OC(=O)NC2(C(=O)O)CC3=C(C2)C(C)(C)N([O])C3(C)C)CC(C)(C)N1[O]. The minimum atomic E-state index is -1.55. The Hall–Kier alpha value is -1.68. The number of aliphatic carboxylic acids is 1. The molecule has 1 fully saturated rings. The highest BCUT2D eigenvalue weighted by atomic mass is 16.6. The fraction of sp³-hybridized carbons (Fsp3) is 0.818. The molecule has 1 saturated heterocycles. The number of rotatable bonds is 3. The predicted octanol–water partition coefficient (Wildman–Crippen LogP) is 3.21. The number of ether oxygens (including phenoxy) is 1. The largest absolute Gasteiger partial charge is 0.479 e. The van der Waals surface area contributed by atoms with Gasteiger partial charge in [-0.1, -0.05) is 0 Å². The smallest absolute Gasteiger partial charge is 0.408 e. The Kier molecular flexibility index (Phi) is 5.34. The van der Waals surface area contributed by atoms with Gasteiger partial charge in [-0.3, -0.25) is 0 Å². The van der Waals surface area contributed by atoms with Gasteiger partial charge in [0, 0.05) is 36.8 Å². The van der Waals surface area contributed by atoms with Crippen LogP contribution in [0.15, 0.2) is 11.1 Å². The molecule has 0 bridgehead atoms. The Labute approximate surface area is 183 Å². The zero-order valence-corrected chi connectivity index (χ0v) is 19.8. The van der Waals surface area contributed by atoms with E-state index in [-0.39, 0.29) is 12.8 Å². The van der Waals surface area contributed by atoms with Gasteiger partial charge in [-0.15, -0.1) is 20.5 Å². The van der Waals surface area contributed by atoms with E-state index < -0.39 is 45.9 Å².